The van der Waals surface area contributed by atoms with Gasteiger partial charge in [-0.1, -0.05) is 18.2 Å². The normalized spacial score (nSPS) is 23.5. The Morgan fingerprint density at radius 2 is 1.88 bits per heavy atom. The van der Waals surface area contributed by atoms with Crippen molar-refractivity contribution in [2.45, 2.75) is 32.2 Å². The lowest BCUT2D eigenvalue weighted by molar-refractivity contribution is -0.170. The van der Waals surface area contributed by atoms with Crippen LogP contribution in [-0.4, -0.2) is 42.9 Å². The summed E-state index contributed by atoms with van der Waals surface area (Å²) in [5.41, 5.74) is -0.318. The molecule has 0 radical (unpaired) electrons. The zero-order valence-corrected chi connectivity index (χ0v) is 14.5. The molecule has 1 saturated heterocycles. The van der Waals surface area contributed by atoms with E-state index in [2.05, 4.69) is 10.6 Å². The number of carbonyl (C=O) groups is 2. The molecule has 1 aromatic carbocycles. The maximum absolute atomic E-state index is 12.3. The molecule has 7 heteroatoms. The standard InChI is InChI=1S/C18H22N2O5/c1-12(21)19-9-14-15-18(11-23-14,25-17(2,3)24-15)10-20-16(22)13-7-5-4-6-8-13/h4-8H,9-11H2,1-3H3,(H,19,21)(H,20,22)/t18-/m0/s1. The second-order valence-electron chi connectivity index (χ2n) is 6.60. The Hall–Kier alpha value is -2.54. The minimum atomic E-state index is -0.887. The predicted molar refractivity (Wildman–Crippen MR) is 89.4 cm³/mol. The first-order chi connectivity index (χ1) is 11.8. The summed E-state index contributed by atoms with van der Waals surface area (Å²) >= 11 is 0. The molecular weight excluding hydrogens is 324 g/mol. The number of hydrogen-bond donors (Lipinski definition) is 2. The number of fused-ring (bicyclic) bond motifs is 1. The average molecular weight is 346 g/mol. The molecule has 1 aromatic rings. The third kappa shape index (κ3) is 3.61. The molecule has 0 saturated carbocycles. The molecule has 2 aliphatic heterocycles. The van der Waals surface area contributed by atoms with Gasteiger partial charge in [-0.25, -0.2) is 0 Å². The Balaban J connectivity index is 1.76. The van der Waals surface area contributed by atoms with Crippen molar-refractivity contribution in [1.82, 2.24) is 10.6 Å². The molecule has 0 spiro atoms. The maximum atomic E-state index is 12.3. The van der Waals surface area contributed by atoms with Gasteiger partial charge >= 0.3 is 0 Å². The van der Waals surface area contributed by atoms with Gasteiger partial charge in [-0.15, -0.1) is 0 Å². The summed E-state index contributed by atoms with van der Waals surface area (Å²) in [6.07, 6.45) is 0. The molecule has 2 aliphatic rings. The van der Waals surface area contributed by atoms with Crippen LogP contribution >= 0.6 is 0 Å². The average Bonchev–Trinajstić information content (AvgIpc) is 3.02. The number of ether oxygens (including phenoxy) is 3. The summed E-state index contributed by atoms with van der Waals surface area (Å²) in [7, 11) is 0. The highest BCUT2D eigenvalue weighted by Crippen LogP contribution is 2.45. The highest BCUT2D eigenvalue weighted by atomic mass is 16.8. The zero-order chi connectivity index (χ0) is 18.1. The first-order valence-electron chi connectivity index (χ1n) is 8.15. The van der Waals surface area contributed by atoms with Crippen LogP contribution in [0.3, 0.4) is 0 Å². The van der Waals surface area contributed by atoms with Crippen LogP contribution in [0.1, 0.15) is 31.1 Å². The Morgan fingerprint density at radius 3 is 2.56 bits per heavy atom. The van der Waals surface area contributed by atoms with E-state index in [1.54, 1.807) is 38.1 Å². The zero-order valence-electron chi connectivity index (χ0n) is 14.5. The Bertz CT molecular complexity index is 713. The molecule has 2 amide bonds. The molecule has 3 rings (SSSR count). The van der Waals surface area contributed by atoms with E-state index in [4.69, 9.17) is 14.2 Å². The molecule has 0 bridgehead atoms. The predicted octanol–water partition coefficient (Wildman–Crippen LogP) is 1.32. The van der Waals surface area contributed by atoms with E-state index < -0.39 is 11.4 Å². The van der Waals surface area contributed by atoms with Crippen molar-refractivity contribution in [1.29, 1.82) is 0 Å². The number of rotatable bonds is 5. The number of nitrogens with one attached hydrogen (secondary N) is 2. The molecule has 0 unspecified atom stereocenters. The van der Waals surface area contributed by atoms with Gasteiger partial charge in [-0.05, 0) is 12.1 Å². The SMILES string of the molecule is CC(=O)NCC1=C2OC(C)(C)O[C@@]2(CNC(=O)c2ccccc2)CO1. The van der Waals surface area contributed by atoms with Crippen LogP contribution in [0, 0.1) is 0 Å². The van der Waals surface area contributed by atoms with E-state index >= 15 is 0 Å². The fraction of sp³-hybridized carbons (Fsp3) is 0.444. The van der Waals surface area contributed by atoms with Crippen molar-refractivity contribution in [3.8, 4) is 0 Å². The lowest BCUT2D eigenvalue weighted by Crippen LogP contribution is -2.46. The topological polar surface area (TPSA) is 85.9 Å². The Labute approximate surface area is 146 Å². The van der Waals surface area contributed by atoms with E-state index in [1.165, 1.54) is 6.92 Å². The molecule has 2 N–H and O–H groups in total. The lowest BCUT2D eigenvalue weighted by Gasteiger charge is -2.25. The summed E-state index contributed by atoms with van der Waals surface area (Å²) in [5.74, 6) is -0.144. The van der Waals surface area contributed by atoms with E-state index in [-0.39, 0.29) is 31.5 Å². The van der Waals surface area contributed by atoms with Crippen molar-refractivity contribution in [3.63, 3.8) is 0 Å². The third-order valence-electron chi connectivity index (χ3n) is 4.00. The van der Waals surface area contributed by atoms with Gasteiger partial charge < -0.3 is 24.8 Å². The number of hydrogen-bond acceptors (Lipinski definition) is 5. The van der Waals surface area contributed by atoms with Gasteiger partial charge in [-0.3, -0.25) is 9.59 Å². The number of benzene rings is 1. The van der Waals surface area contributed by atoms with Crippen LogP contribution in [0.2, 0.25) is 0 Å². The van der Waals surface area contributed by atoms with Crippen LogP contribution < -0.4 is 10.6 Å². The molecule has 25 heavy (non-hydrogen) atoms. The molecule has 2 heterocycles. The van der Waals surface area contributed by atoms with E-state index in [0.717, 1.165) is 0 Å². The van der Waals surface area contributed by atoms with Crippen molar-refractivity contribution in [2.75, 3.05) is 19.7 Å². The summed E-state index contributed by atoms with van der Waals surface area (Å²) in [5, 5.41) is 5.57. The lowest BCUT2D eigenvalue weighted by atomic mass is 10.0. The Morgan fingerprint density at radius 1 is 1.16 bits per heavy atom. The van der Waals surface area contributed by atoms with Gasteiger partial charge in [0.2, 0.25) is 11.7 Å². The molecule has 0 aromatic heterocycles. The monoisotopic (exact) mass is 346 g/mol. The first-order valence-corrected chi connectivity index (χ1v) is 8.15. The van der Waals surface area contributed by atoms with Crippen LogP contribution in [0.15, 0.2) is 41.9 Å². The van der Waals surface area contributed by atoms with Gasteiger partial charge in [0.15, 0.2) is 17.1 Å². The second-order valence-corrected chi connectivity index (χ2v) is 6.60. The molecule has 134 valence electrons. The minimum absolute atomic E-state index is 0.162. The van der Waals surface area contributed by atoms with Gasteiger partial charge in [0.1, 0.15) is 6.61 Å². The summed E-state index contributed by atoms with van der Waals surface area (Å²) in [6, 6.07) is 8.95. The van der Waals surface area contributed by atoms with Crippen molar-refractivity contribution in [3.05, 3.63) is 47.4 Å². The second kappa shape index (κ2) is 6.40. The first kappa shape index (κ1) is 17.3. The summed E-state index contributed by atoms with van der Waals surface area (Å²) in [4.78, 5) is 23.5. The van der Waals surface area contributed by atoms with Gasteiger partial charge in [0.25, 0.3) is 5.91 Å². The highest BCUT2D eigenvalue weighted by molar-refractivity contribution is 5.94. The van der Waals surface area contributed by atoms with E-state index in [0.29, 0.717) is 17.1 Å². The molecular formula is C18H22N2O5. The smallest absolute Gasteiger partial charge is 0.251 e. The molecule has 7 nitrogen and oxygen atoms in total. The van der Waals surface area contributed by atoms with Crippen LogP contribution in [-0.2, 0) is 19.0 Å². The van der Waals surface area contributed by atoms with Gasteiger partial charge in [0.05, 0.1) is 13.1 Å². The van der Waals surface area contributed by atoms with Gasteiger partial charge in [-0.2, -0.15) is 0 Å². The fourth-order valence-corrected chi connectivity index (χ4v) is 2.97. The van der Waals surface area contributed by atoms with Crippen LogP contribution in [0.5, 0.6) is 0 Å². The number of amides is 2. The fourth-order valence-electron chi connectivity index (χ4n) is 2.97. The quantitative estimate of drug-likeness (QED) is 0.840. The minimum Gasteiger partial charge on any atom is -0.489 e. The molecule has 1 atom stereocenters. The van der Waals surface area contributed by atoms with Crippen molar-refractivity contribution >= 4 is 11.8 Å². The largest absolute Gasteiger partial charge is 0.489 e. The third-order valence-corrected chi connectivity index (χ3v) is 4.00. The van der Waals surface area contributed by atoms with Crippen LogP contribution in [0.4, 0.5) is 0 Å². The van der Waals surface area contributed by atoms with Crippen LogP contribution in [0.25, 0.3) is 0 Å². The summed E-state index contributed by atoms with van der Waals surface area (Å²) in [6.45, 7) is 5.69. The maximum Gasteiger partial charge on any atom is 0.251 e. The molecule has 0 aliphatic carbocycles. The highest BCUT2D eigenvalue weighted by Gasteiger charge is 2.56. The van der Waals surface area contributed by atoms with Crippen molar-refractivity contribution in [2.24, 2.45) is 0 Å². The number of carbonyl (C=O) groups excluding carboxylic acids is 2. The summed E-state index contributed by atoms with van der Waals surface area (Å²) < 4.78 is 17.6. The van der Waals surface area contributed by atoms with Gasteiger partial charge in [0, 0.05) is 26.3 Å². The molecule has 1 fully saturated rings. The van der Waals surface area contributed by atoms with E-state index in [1.807, 2.05) is 6.07 Å². The van der Waals surface area contributed by atoms with E-state index in [9.17, 15) is 9.59 Å². The Kier molecular flexibility index (Phi) is 4.43. The van der Waals surface area contributed by atoms with Crippen molar-refractivity contribution < 1.29 is 23.8 Å².